The van der Waals surface area contributed by atoms with Crippen LogP contribution < -0.4 is 0 Å². The number of hydrogen-bond donors (Lipinski definition) is 0. The molecular weight excluding hydrogens is 236 g/mol. The van der Waals surface area contributed by atoms with Crippen LogP contribution in [-0.2, 0) is 9.53 Å². The lowest BCUT2D eigenvalue weighted by atomic mass is 9.98. The molecule has 0 bridgehead atoms. The molecule has 0 aliphatic rings. The van der Waals surface area contributed by atoms with Crippen molar-refractivity contribution in [3.8, 4) is 0 Å². The average Bonchev–Trinajstić information content (AvgIpc) is 2.43. The van der Waals surface area contributed by atoms with Gasteiger partial charge in [0, 0.05) is 0 Å². The summed E-state index contributed by atoms with van der Waals surface area (Å²) >= 11 is 0. The first-order valence-electron chi connectivity index (χ1n) is 8.03. The van der Waals surface area contributed by atoms with Crippen molar-refractivity contribution in [2.45, 2.75) is 78.1 Å². The number of unbranched alkanes of at least 4 members (excludes halogenated alkanes) is 7. The summed E-state index contributed by atoms with van der Waals surface area (Å²) in [6.07, 6.45) is 14.0. The lowest BCUT2D eigenvalue weighted by molar-refractivity contribution is -0.147. The summed E-state index contributed by atoms with van der Waals surface area (Å²) in [5.74, 6) is 0.0328. The number of ether oxygens (including phenoxy) is 1. The zero-order chi connectivity index (χ0) is 14.3. The van der Waals surface area contributed by atoms with Crippen LogP contribution in [-0.4, -0.2) is 12.6 Å². The normalized spacial score (nSPS) is 12.1. The Kier molecular flexibility index (Phi) is 13.1. The number of hydrogen-bond acceptors (Lipinski definition) is 2. The van der Waals surface area contributed by atoms with Crippen LogP contribution in [0.2, 0.25) is 0 Å². The van der Waals surface area contributed by atoms with Crippen LogP contribution in [0.3, 0.4) is 0 Å². The van der Waals surface area contributed by atoms with Gasteiger partial charge in [-0.2, -0.15) is 0 Å². The van der Waals surface area contributed by atoms with E-state index in [4.69, 9.17) is 4.74 Å². The second-order valence-corrected chi connectivity index (χ2v) is 5.29. The summed E-state index contributed by atoms with van der Waals surface area (Å²) in [5, 5.41) is 0. The van der Waals surface area contributed by atoms with E-state index in [1.54, 1.807) is 6.08 Å². The molecule has 0 fully saturated rings. The van der Waals surface area contributed by atoms with Crippen LogP contribution in [0.1, 0.15) is 78.1 Å². The van der Waals surface area contributed by atoms with Gasteiger partial charge < -0.3 is 4.74 Å². The Morgan fingerprint density at radius 1 is 1.05 bits per heavy atom. The van der Waals surface area contributed by atoms with Gasteiger partial charge >= 0.3 is 5.97 Å². The highest BCUT2D eigenvalue weighted by Gasteiger charge is 2.16. The van der Waals surface area contributed by atoms with Gasteiger partial charge in [0.1, 0.15) is 6.61 Å². The smallest absolute Gasteiger partial charge is 0.309 e. The Balaban J connectivity index is 3.50. The second kappa shape index (κ2) is 13.6. The third kappa shape index (κ3) is 10.8. The van der Waals surface area contributed by atoms with E-state index >= 15 is 0 Å². The summed E-state index contributed by atoms with van der Waals surface area (Å²) in [4.78, 5) is 11.7. The van der Waals surface area contributed by atoms with E-state index in [0.717, 1.165) is 19.3 Å². The largest absolute Gasteiger partial charge is 0.461 e. The van der Waals surface area contributed by atoms with Gasteiger partial charge in [-0.3, -0.25) is 4.79 Å². The molecule has 19 heavy (non-hydrogen) atoms. The van der Waals surface area contributed by atoms with E-state index in [-0.39, 0.29) is 11.9 Å². The minimum Gasteiger partial charge on any atom is -0.461 e. The zero-order valence-electron chi connectivity index (χ0n) is 13.0. The predicted molar refractivity (Wildman–Crippen MR) is 82.2 cm³/mol. The molecule has 0 aliphatic carbocycles. The lowest BCUT2D eigenvalue weighted by Crippen LogP contribution is -2.17. The fourth-order valence-corrected chi connectivity index (χ4v) is 2.27. The van der Waals surface area contributed by atoms with Crippen molar-refractivity contribution < 1.29 is 9.53 Å². The van der Waals surface area contributed by atoms with Crippen molar-refractivity contribution in [2.75, 3.05) is 6.61 Å². The Labute approximate surface area is 119 Å². The Hall–Kier alpha value is -0.790. The molecule has 0 N–H and O–H groups in total. The topological polar surface area (TPSA) is 26.3 Å². The molecular formula is C17H32O2. The fraction of sp³-hybridized carbons (Fsp3) is 0.824. The molecule has 0 heterocycles. The number of carbonyl (C=O) groups excluding carboxylic acids is 1. The van der Waals surface area contributed by atoms with Gasteiger partial charge in [-0.15, -0.1) is 0 Å². The third-order valence-electron chi connectivity index (χ3n) is 3.58. The van der Waals surface area contributed by atoms with E-state index in [9.17, 15) is 4.79 Å². The summed E-state index contributed by atoms with van der Waals surface area (Å²) < 4.78 is 5.11. The van der Waals surface area contributed by atoms with E-state index in [1.165, 1.54) is 44.9 Å². The first-order valence-corrected chi connectivity index (χ1v) is 8.03. The molecule has 2 nitrogen and oxygen atoms in total. The number of rotatable bonds is 13. The molecule has 0 radical (unpaired) electrons. The molecule has 1 unspecified atom stereocenters. The maximum Gasteiger partial charge on any atom is 0.309 e. The molecule has 0 rings (SSSR count). The van der Waals surface area contributed by atoms with Gasteiger partial charge in [-0.05, 0) is 12.8 Å². The molecule has 0 saturated heterocycles. The first kappa shape index (κ1) is 18.2. The maximum absolute atomic E-state index is 11.7. The highest BCUT2D eigenvalue weighted by atomic mass is 16.5. The van der Waals surface area contributed by atoms with Crippen LogP contribution in [0, 0.1) is 5.92 Å². The van der Waals surface area contributed by atoms with Crippen LogP contribution in [0.15, 0.2) is 12.7 Å². The van der Waals surface area contributed by atoms with Crippen LogP contribution in [0.4, 0.5) is 0 Å². The molecule has 0 saturated carbocycles. The van der Waals surface area contributed by atoms with Crippen LogP contribution in [0.25, 0.3) is 0 Å². The lowest BCUT2D eigenvalue weighted by Gasteiger charge is -2.13. The molecule has 0 amide bonds. The van der Waals surface area contributed by atoms with E-state index in [2.05, 4.69) is 20.4 Å². The van der Waals surface area contributed by atoms with Crippen molar-refractivity contribution in [1.82, 2.24) is 0 Å². The molecule has 0 aromatic heterocycles. The molecule has 0 aromatic carbocycles. The molecule has 0 aromatic rings. The maximum atomic E-state index is 11.7. The summed E-state index contributed by atoms with van der Waals surface area (Å²) in [7, 11) is 0. The third-order valence-corrected chi connectivity index (χ3v) is 3.58. The van der Waals surface area contributed by atoms with Gasteiger partial charge in [0.05, 0.1) is 5.92 Å². The average molecular weight is 268 g/mol. The van der Waals surface area contributed by atoms with Gasteiger partial charge in [-0.1, -0.05) is 77.9 Å². The van der Waals surface area contributed by atoms with Gasteiger partial charge in [-0.25, -0.2) is 0 Å². The van der Waals surface area contributed by atoms with Crippen molar-refractivity contribution in [2.24, 2.45) is 5.92 Å². The van der Waals surface area contributed by atoms with Gasteiger partial charge in [0.15, 0.2) is 0 Å². The predicted octanol–water partition coefficient (Wildman–Crippen LogP) is 5.27. The minimum absolute atomic E-state index is 0.0506. The quantitative estimate of drug-likeness (QED) is 0.258. The van der Waals surface area contributed by atoms with Crippen molar-refractivity contribution in [3.05, 3.63) is 12.7 Å². The van der Waals surface area contributed by atoms with Gasteiger partial charge in [0.2, 0.25) is 0 Å². The molecule has 1 atom stereocenters. The summed E-state index contributed by atoms with van der Waals surface area (Å²) in [5.41, 5.74) is 0. The second-order valence-electron chi connectivity index (χ2n) is 5.29. The van der Waals surface area contributed by atoms with Crippen molar-refractivity contribution >= 4 is 5.97 Å². The van der Waals surface area contributed by atoms with E-state index in [1.807, 2.05) is 0 Å². The number of esters is 1. The molecule has 0 aliphatic heterocycles. The van der Waals surface area contributed by atoms with Crippen molar-refractivity contribution in [3.63, 3.8) is 0 Å². The van der Waals surface area contributed by atoms with Crippen molar-refractivity contribution in [1.29, 1.82) is 0 Å². The zero-order valence-corrected chi connectivity index (χ0v) is 13.0. The standard InChI is InChI=1S/C17H32O2/c1-4-7-8-9-10-11-12-13-14-16(6-3)17(18)19-15-5-2/h5,16H,2,4,6-15H2,1,3H3. The van der Waals surface area contributed by atoms with Gasteiger partial charge in [0.25, 0.3) is 0 Å². The Morgan fingerprint density at radius 2 is 1.63 bits per heavy atom. The Bertz CT molecular complexity index is 223. The van der Waals surface area contributed by atoms with E-state index < -0.39 is 0 Å². The highest BCUT2D eigenvalue weighted by molar-refractivity contribution is 5.72. The minimum atomic E-state index is -0.0506. The SMILES string of the molecule is C=CCOC(=O)C(CC)CCCCCCCCCC. The first-order chi connectivity index (χ1) is 9.26. The Morgan fingerprint density at radius 3 is 2.16 bits per heavy atom. The summed E-state index contributed by atoms with van der Waals surface area (Å²) in [6, 6.07) is 0. The monoisotopic (exact) mass is 268 g/mol. The highest BCUT2D eigenvalue weighted by Crippen LogP contribution is 2.17. The molecule has 0 spiro atoms. The molecule has 112 valence electrons. The van der Waals surface area contributed by atoms with Crippen LogP contribution >= 0.6 is 0 Å². The molecule has 2 heteroatoms. The fourth-order valence-electron chi connectivity index (χ4n) is 2.27. The van der Waals surface area contributed by atoms with Crippen LogP contribution in [0.5, 0.6) is 0 Å². The van der Waals surface area contributed by atoms with E-state index in [0.29, 0.717) is 6.61 Å². The summed E-state index contributed by atoms with van der Waals surface area (Å²) in [6.45, 7) is 8.20. The number of carbonyl (C=O) groups is 1.